The van der Waals surface area contributed by atoms with Gasteiger partial charge in [-0.25, -0.2) is 0 Å². The summed E-state index contributed by atoms with van der Waals surface area (Å²) in [6, 6.07) is 8.72. The molecule has 3 atom stereocenters. The van der Waals surface area contributed by atoms with Crippen LogP contribution in [-0.4, -0.2) is 28.0 Å². The minimum absolute atomic E-state index is 0.234. The molecule has 3 fully saturated rings. The zero-order valence-electron chi connectivity index (χ0n) is 13.3. The van der Waals surface area contributed by atoms with E-state index in [-0.39, 0.29) is 18.0 Å². The highest BCUT2D eigenvalue weighted by Gasteiger charge is 2.51. The Morgan fingerprint density at radius 2 is 1.68 bits per heavy atom. The quantitative estimate of drug-likeness (QED) is 0.911. The van der Waals surface area contributed by atoms with E-state index in [1.807, 2.05) is 0 Å². The van der Waals surface area contributed by atoms with Crippen LogP contribution in [0.5, 0.6) is 0 Å². The Balaban J connectivity index is 1.56. The largest absolute Gasteiger partial charge is 0.385 e. The normalized spacial score (nSPS) is 34.5. The number of hydrogen-bond acceptors (Lipinski definition) is 2. The molecule has 2 saturated heterocycles. The lowest BCUT2D eigenvalue weighted by atomic mass is 9.78. The Morgan fingerprint density at radius 3 is 2.18 bits per heavy atom. The summed E-state index contributed by atoms with van der Waals surface area (Å²) < 4.78 is 0. The predicted octanol–water partition coefficient (Wildman–Crippen LogP) is 3.14. The second-order valence-electron chi connectivity index (χ2n) is 7.56. The van der Waals surface area contributed by atoms with Crippen LogP contribution >= 0.6 is 0 Å². The maximum atomic E-state index is 12.7. The first-order chi connectivity index (χ1) is 10.6. The molecule has 0 spiro atoms. The van der Waals surface area contributed by atoms with Crippen LogP contribution < -0.4 is 0 Å². The molecule has 1 unspecified atom stereocenters. The molecular formula is C19H25NO2. The number of benzene rings is 1. The fourth-order valence-corrected chi connectivity index (χ4v) is 4.55. The summed E-state index contributed by atoms with van der Waals surface area (Å²) in [5.74, 6) is 0.637. The number of amides is 1. The van der Waals surface area contributed by atoms with Gasteiger partial charge in [-0.3, -0.25) is 4.79 Å². The van der Waals surface area contributed by atoms with E-state index in [1.54, 1.807) is 0 Å². The van der Waals surface area contributed by atoms with Gasteiger partial charge in [0.25, 0.3) is 0 Å². The molecule has 3 heteroatoms. The lowest BCUT2D eigenvalue weighted by Gasteiger charge is -2.46. The number of piperidine rings is 1. The molecule has 3 aliphatic rings. The van der Waals surface area contributed by atoms with Crippen LogP contribution in [0.3, 0.4) is 0 Å². The Bertz CT molecular complexity index is 562. The molecule has 2 heterocycles. The van der Waals surface area contributed by atoms with Crippen molar-refractivity contribution < 1.29 is 9.90 Å². The number of hydrogen-bond donors (Lipinski definition) is 1. The average molecular weight is 299 g/mol. The molecule has 22 heavy (non-hydrogen) atoms. The molecule has 0 radical (unpaired) electrons. The van der Waals surface area contributed by atoms with Crippen molar-refractivity contribution in [2.45, 2.75) is 69.6 Å². The predicted molar refractivity (Wildman–Crippen MR) is 85.3 cm³/mol. The maximum absolute atomic E-state index is 12.7. The summed E-state index contributed by atoms with van der Waals surface area (Å²) in [6.07, 6.45) is 6.84. The number of carbonyl (C=O) groups excluding carboxylic acids is 1. The summed E-state index contributed by atoms with van der Waals surface area (Å²) >= 11 is 0. The van der Waals surface area contributed by atoms with Crippen molar-refractivity contribution >= 4 is 5.91 Å². The molecule has 2 bridgehead atoms. The molecule has 1 aromatic rings. The van der Waals surface area contributed by atoms with Gasteiger partial charge in [0.2, 0.25) is 5.91 Å². The molecule has 1 N–H and O–H groups in total. The van der Waals surface area contributed by atoms with Crippen LogP contribution in [0, 0.1) is 12.8 Å². The van der Waals surface area contributed by atoms with Crippen molar-refractivity contribution in [1.82, 2.24) is 4.90 Å². The summed E-state index contributed by atoms with van der Waals surface area (Å²) in [4.78, 5) is 14.8. The Kier molecular flexibility index (Phi) is 3.30. The molecular weight excluding hydrogens is 274 g/mol. The summed E-state index contributed by atoms with van der Waals surface area (Å²) in [7, 11) is 0. The number of aliphatic hydroxyl groups is 1. The first kappa shape index (κ1) is 14.3. The van der Waals surface area contributed by atoms with E-state index >= 15 is 0 Å². The third-order valence-corrected chi connectivity index (χ3v) is 6.06. The minimum atomic E-state index is -0.754. The lowest BCUT2D eigenvalue weighted by Crippen LogP contribution is -2.54. The highest BCUT2D eigenvalue weighted by molar-refractivity contribution is 5.80. The summed E-state index contributed by atoms with van der Waals surface area (Å²) in [6.45, 7) is 2.07. The van der Waals surface area contributed by atoms with E-state index in [0.29, 0.717) is 18.7 Å². The Hall–Kier alpha value is -1.35. The van der Waals surface area contributed by atoms with Crippen LogP contribution in [0.1, 0.15) is 56.1 Å². The zero-order chi connectivity index (χ0) is 15.3. The van der Waals surface area contributed by atoms with E-state index in [2.05, 4.69) is 36.1 Å². The molecule has 1 saturated carbocycles. The number of aryl methyl sites for hydroxylation is 1. The van der Waals surface area contributed by atoms with Crippen molar-refractivity contribution in [3.8, 4) is 0 Å². The SMILES string of the molecule is Cc1ccc(C2(O)C[C@H]3CC[C@@H](C2)N3C(=O)C2CCC2)cc1. The van der Waals surface area contributed by atoms with Gasteiger partial charge in [-0.15, -0.1) is 0 Å². The van der Waals surface area contributed by atoms with E-state index < -0.39 is 5.60 Å². The van der Waals surface area contributed by atoms with Crippen molar-refractivity contribution in [2.75, 3.05) is 0 Å². The molecule has 3 nitrogen and oxygen atoms in total. The minimum Gasteiger partial charge on any atom is -0.385 e. The highest BCUT2D eigenvalue weighted by Crippen LogP contribution is 2.47. The van der Waals surface area contributed by atoms with E-state index in [1.165, 1.54) is 12.0 Å². The molecule has 1 aromatic carbocycles. The molecule has 2 aliphatic heterocycles. The maximum Gasteiger partial charge on any atom is 0.226 e. The fourth-order valence-electron chi connectivity index (χ4n) is 4.55. The number of nitrogens with zero attached hydrogens (tertiary/aromatic N) is 1. The van der Waals surface area contributed by atoms with E-state index in [4.69, 9.17) is 0 Å². The third kappa shape index (κ3) is 2.18. The van der Waals surface area contributed by atoms with E-state index in [0.717, 1.165) is 31.2 Å². The van der Waals surface area contributed by atoms with Crippen LogP contribution in [0.4, 0.5) is 0 Å². The molecule has 1 aliphatic carbocycles. The van der Waals surface area contributed by atoms with Crippen LogP contribution in [0.25, 0.3) is 0 Å². The smallest absolute Gasteiger partial charge is 0.226 e. The van der Waals surface area contributed by atoms with Crippen molar-refractivity contribution in [3.05, 3.63) is 35.4 Å². The van der Waals surface area contributed by atoms with Gasteiger partial charge in [0.1, 0.15) is 0 Å². The van der Waals surface area contributed by atoms with Gasteiger partial charge in [-0.05, 0) is 38.2 Å². The molecule has 118 valence electrons. The van der Waals surface area contributed by atoms with Gasteiger partial charge in [-0.1, -0.05) is 36.2 Å². The highest BCUT2D eigenvalue weighted by atomic mass is 16.3. The van der Waals surface area contributed by atoms with Gasteiger partial charge in [0, 0.05) is 30.8 Å². The molecule has 4 rings (SSSR count). The Labute approximate surface area is 132 Å². The Morgan fingerprint density at radius 1 is 1.09 bits per heavy atom. The topological polar surface area (TPSA) is 40.5 Å². The first-order valence-corrected chi connectivity index (χ1v) is 8.68. The van der Waals surface area contributed by atoms with Crippen molar-refractivity contribution in [2.24, 2.45) is 5.92 Å². The second-order valence-corrected chi connectivity index (χ2v) is 7.56. The molecule has 0 aromatic heterocycles. The number of carbonyl (C=O) groups is 1. The van der Waals surface area contributed by atoms with Crippen LogP contribution in [0.15, 0.2) is 24.3 Å². The monoisotopic (exact) mass is 299 g/mol. The molecule has 1 amide bonds. The lowest BCUT2D eigenvalue weighted by molar-refractivity contribution is -0.149. The first-order valence-electron chi connectivity index (χ1n) is 8.68. The zero-order valence-corrected chi connectivity index (χ0v) is 13.3. The van der Waals surface area contributed by atoms with Gasteiger partial charge in [0.15, 0.2) is 0 Å². The average Bonchev–Trinajstić information content (AvgIpc) is 2.70. The van der Waals surface area contributed by atoms with Crippen LogP contribution in [-0.2, 0) is 10.4 Å². The number of rotatable bonds is 2. The van der Waals surface area contributed by atoms with Gasteiger partial charge < -0.3 is 10.0 Å². The van der Waals surface area contributed by atoms with Gasteiger partial charge >= 0.3 is 0 Å². The number of fused-ring (bicyclic) bond motifs is 2. The van der Waals surface area contributed by atoms with Crippen molar-refractivity contribution in [1.29, 1.82) is 0 Å². The van der Waals surface area contributed by atoms with Crippen LogP contribution in [0.2, 0.25) is 0 Å². The standard InChI is InChI=1S/C19H25NO2/c1-13-5-7-15(8-6-13)19(22)11-16-9-10-17(12-19)20(16)18(21)14-3-2-4-14/h5-8,14,16-17,22H,2-4,9-12H2,1H3/t16-,17+,19?. The summed E-state index contributed by atoms with van der Waals surface area (Å²) in [5.41, 5.74) is 1.48. The fraction of sp³-hybridized carbons (Fsp3) is 0.632. The van der Waals surface area contributed by atoms with E-state index in [9.17, 15) is 9.90 Å². The third-order valence-electron chi connectivity index (χ3n) is 6.06. The summed E-state index contributed by atoms with van der Waals surface area (Å²) in [5, 5.41) is 11.2. The second kappa shape index (κ2) is 5.09. The van der Waals surface area contributed by atoms with Crippen molar-refractivity contribution in [3.63, 3.8) is 0 Å². The van der Waals surface area contributed by atoms with Gasteiger partial charge in [-0.2, -0.15) is 0 Å². The van der Waals surface area contributed by atoms with Gasteiger partial charge in [0.05, 0.1) is 5.60 Å².